The summed E-state index contributed by atoms with van der Waals surface area (Å²) in [5.41, 5.74) is -0.274. The molecule has 4 rings (SSSR count). The maximum Gasteiger partial charge on any atom is 0.378 e. The topological polar surface area (TPSA) is 146 Å². The molecule has 4 amide bonds. The number of thiazole rings is 1. The van der Waals surface area contributed by atoms with Crippen LogP contribution in [-0.2, 0) is 14.4 Å². The maximum atomic E-state index is 13.4. The van der Waals surface area contributed by atoms with Crippen molar-refractivity contribution < 1.29 is 29.1 Å². The van der Waals surface area contributed by atoms with Crippen LogP contribution in [0.3, 0.4) is 0 Å². The van der Waals surface area contributed by atoms with E-state index in [0.29, 0.717) is 18.8 Å². The molecule has 1 aliphatic heterocycles. The first-order valence-electron chi connectivity index (χ1n) is 12.5. The molecule has 0 unspecified atom stereocenters. The Hall–Kier alpha value is -2.82. The van der Waals surface area contributed by atoms with Crippen LogP contribution >= 0.6 is 11.3 Å². The fraction of sp³-hybridized carbons (Fsp3) is 0.667. The molecule has 0 aromatic carbocycles. The van der Waals surface area contributed by atoms with Gasteiger partial charge in [-0.15, -0.1) is 11.3 Å². The molecule has 190 valence electrons. The van der Waals surface area contributed by atoms with Crippen molar-refractivity contribution in [3.05, 3.63) is 11.1 Å². The number of hydrogen-bond acceptors (Lipinski definition) is 7. The van der Waals surface area contributed by atoms with Gasteiger partial charge in [0.25, 0.3) is 11.7 Å². The van der Waals surface area contributed by atoms with Crippen molar-refractivity contribution in [2.45, 2.75) is 89.1 Å². The van der Waals surface area contributed by atoms with Gasteiger partial charge in [-0.2, -0.15) is 0 Å². The van der Waals surface area contributed by atoms with Crippen LogP contribution in [0.2, 0.25) is 0 Å². The molecule has 0 radical (unpaired) electrons. The third kappa shape index (κ3) is 6.06. The Morgan fingerprint density at radius 1 is 1.06 bits per heavy atom. The number of imide groups is 1. The summed E-state index contributed by atoms with van der Waals surface area (Å²) < 4.78 is 0. The predicted molar refractivity (Wildman–Crippen MR) is 128 cm³/mol. The highest BCUT2D eigenvalue weighted by molar-refractivity contribution is 7.14. The smallest absolute Gasteiger partial charge is 0.378 e. The highest BCUT2D eigenvalue weighted by Crippen LogP contribution is 2.32. The molecule has 2 atom stereocenters. The zero-order valence-electron chi connectivity index (χ0n) is 19.7. The lowest BCUT2D eigenvalue weighted by Crippen LogP contribution is -2.49. The van der Waals surface area contributed by atoms with Crippen LogP contribution in [-0.4, -0.2) is 56.7 Å². The first kappa shape index (κ1) is 25.3. The number of nitrogens with zero attached hydrogens (tertiary/aromatic N) is 2. The number of carbonyl (C=O) groups excluding carboxylic acids is 4. The molecule has 11 heteroatoms. The Morgan fingerprint density at radius 2 is 1.69 bits per heavy atom. The lowest BCUT2D eigenvalue weighted by Gasteiger charge is -2.30. The second-order valence-corrected chi connectivity index (χ2v) is 10.7. The van der Waals surface area contributed by atoms with Crippen LogP contribution in [0.25, 0.3) is 0 Å². The monoisotopic (exact) mass is 504 g/mol. The lowest BCUT2D eigenvalue weighted by atomic mass is 9.83. The molecule has 2 heterocycles. The number of urea groups is 1. The van der Waals surface area contributed by atoms with Gasteiger partial charge in [-0.1, -0.05) is 64.2 Å². The van der Waals surface area contributed by atoms with Gasteiger partial charge in [0.2, 0.25) is 5.91 Å². The summed E-state index contributed by atoms with van der Waals surface area (Å²) in [6, 6.07) is -2.16. The zero-order chi connectivity index (χ0) is 24.9. The van der Waals surface area contributed by atoms with Crippen molar-refractivity contribution in [2.24, 2.45) is 11.8 Å². The maximum absolute atomic E-state index is 13.4. The minimum Gasteiger partial charge on any atom is -0.475 e. The number of carboxylic acids is 1. The standard InChI is InChI=1S/C24H32N4O6S/c29-19(22(32)33)17-13-35-23(25-17)27-20(30)18(12-15-9-5-2-6-10-15)28-21(31)16(26-24(28)34)11-14-7-3-1-4-8-14/h13-16,18H,1-12H2,(H,26,34)(H,32,33)(H,25,27,30)/t16-,18-/m0/s1. The molecular weight excluding hydrogens is 472 g/mol. The van der Waals surface area contributed by atoms with E-state index in [4.69, 9.17) is 5.11 Å². The van der Waals surface area contributed by atoms with Gasteiger partial charge in [-0.05, 0) is 24.7 Å². The number of Topliss-reactive ketones (excluding diaryl/α,β-unsaturated/α-hetero) is 1. The van der Waals surface area contributed by atoms with Gasteiger partial charge < -0.3 is 15.7 Å². The molecule has 2 saturated carbocycles. The number of aromatic nitrogens is 1. The van der Waals surface area contributed by atoms with Gasteiger partial charge >= 0.3 is 12.0 Å². The van der Waals surface area contributed by atoms with Gasteiger partial charge in [0.05, 0.1) is 0 Å². The second-order valence-electron chi connectivity index (χ2n) is 9.87. The Morgan fingerprint density at radius 3 is 2.31 bits per heavy atom. The van der Waals surface area contributed by atoms with E-state index < -0.39 is 35.8 Å². The fourth-order valence-corrected chi connectivity index (χ4v) is 6.25. The van der Waals surface area contributed by atoms with Gasteiger partial charge in [0.15, 0.2) is 5.13 Å². The Balaban J connectivity index is 1.50. The lowest BCUT2D eigenvalue weighted by molar-refractivity contribution is -0.134. The second kappa shape index (κ2) is 11.3. The minimum atomic E-state index is -1.63. The number of aliphatic carboxylic acids is 1. The van der Waals surface area contributed by atoms with Gasteiger partial charge in [-0.25, -0.2) is 19.5 Å². The summed E-state index contributed by atoms with van der Waals surface area (Å²) in [7, 11) is 0. The van der Waals surface area contributed by atoms with E-state index in [1.165, 1.54) is 11.8 Å². The van der Waals surface area contributed by atoms with Crippen LogP contribution in [0, 0.1) is 11.8 Å². The number of anilines is 1. The number of carboxylic acid groups (broad SMARTS) is 1. The number of hydrogen-bond donors (Lipinski definition) is 3. The number of rotatable bonds is 9. The van der Waals surface area contributed by atoms with Crippen molar-refractivity contribution in [2.75, 3.05) is 5.32 Å². The van der Waals surface area contributed by atoms with Crippen LogP contribution in [0.15, 0.2) is 5.38 Å². The van der Waals surface area contributed by atoms with Crippen molar-refractivity contribution in [1.29, 1.82) is 0 Å². The Kier molecular flexibility index (Phi) is 8.15. The normalized spacial score (nSPS) is 22.6. The van der Waals surface area contributed by atoms with E-state index in [2.05, 4.69) is 15.6 Å². The summed E-state index contributed by atoms with van der Waals surface area (Å²) >= 11 is 0.924. The van der Waals surface area contributed by atoms with Crippen molar-refractivity contribution in [3.63, 3.8) is 0 Å². The third-order valence-corrected chi connectivity index (χ3v) is 8.16. The summed E-state index contributed by atoms with van der Waals surface area (Å²) in [6.45, 7) is 0. The predicted octanol–water partition coefficient (Wildman–Crippen LogP) is 3.58. The van der Waals surface area contributed by atoms with Gasteiger partial charge in [0.1, 0.15) is 17.8 Å². The summed E-state index contributed by atoms with van der Waals surface area (Å²) in [5.74, 6) is -3.10. The quantitative estimate of drug-likeness (QED) is 0.265. The van der Waals surface area contributed by atoms with Crippen molar-refractivity contribution in [3.8, 4) is 0 Å². The molecular formula is C24H32N4O6S. The van der Waals surface area contributed by atoms with Crippen LogP contribution in [0.1, 0.15) is 87.5 Å². The summed E-state index contributed by atoms with van der Waals surface area (Å²) in [5, 5.41) is 15.6. The van der Waals surface area contributed by atoms with E-state index in [-0.39, 0.29) is 22.7 Å². The molecule has 3 fully saturated rings. The van der Waals surface area contributed by atoms with Gasteiger partial charge in [0, 0.05) is 5.38 Å². The third-order valence-electron chi connectivity index (χ3n) is 7.40. The SMILES string of the molecule is O=C(O)C(=O)c1csc(NC(=O)[C@H](CC2CCCCC2)N2C(=O)N[C@@H](CC3CCCCC3)C2=O)n1. The van der Waals surface area contributed by atoms with Crippen molar-refractivity contribution in [1.82, 2.24) is 15.2 Å². The number of nitrogens with one attached hydrogen (secondary N) is 2. The molecule has 10 nitrogen and oxygen atoms in total. The molecule has 1 aromatic rings. The Bertz CT molecular complexity index is 982. The van der Waals surface area contributed by atoms with Crippen LogP contribution < -0.4 is 10.6 Å². The zero-order valence-corrected chi connectivity index (χ0v) is 20.5. The first-order chi connectivity index (χ1) is 16.8. The molecule has 1 aromatic heterocycles. The van der Waals surface area contributed by atoms with Crippen LogP contribution in [0.4, 0.5) is 9.93 Å². The number of carbonyl (C=O) groups is 5. The average molecular weight is 505 g/mol. The van der Waals surface area contributed by atoms with Crippen LogP contribution in [0.5, 0.6) is 0 Å². The molecule has 3 aliphatic rings. The highest BCUT2D eigenvalue weighted by Gasteiger charge is 2.46. The van der Waals surface area contributed by atoms with E-state index in [9.17, 15) is 24.0 Å². The molecule has 2 aliphatic carbocycles. The molecule has 0 spiro atoms. The molecule has 35 heavy (non-hydrogen) atoms. The van der Waals surface area contributed by atoms with E-state index in [1.54, 1.807) is 0 Å². The van der Waals surface area contributed by atoms with Gasteiger partial charge in [-0.3, -0.25) is 14.4 Å². The van der Waals surface area contributed by atoms with E-state index in [1.807, 2.05) is 0 Å². The van der Waals surface area contributed by atoms with E-state index in [0.717, 1.165) is 74.0 Å². The summed E-state index contributed by atoms with van der Waals surface area (Å²) in [6.07, 6.45) is 11.6. The first-order valence-corrected chi connectivity index (χ1v) is 13.4. The van der Waals surface area contributed by atoms with E-state index >= 15 is 0 Å². The number of ketones is 1. The molecule has 1 saturated heterocycles. The molecule has 0 bridgehead atoms. The number of amides is 4. The highest BCUT2D eigenvalue weighted by atomic mass is 32.1. The largest absolute Gasteiger partial charge is 0.475 e. The van der Waals surface area contributed by atoms with Crippen molar-refractivity contribution >= 4 is 46.1 Å². The fourth-order valence-electron chi connectivity index (χ4n) is 5.56. The average Bonchev–Trinajstić information content (AvgIpc) is 3.42. The minimum absolute atomic E-state index is 0.0547. The molecule has 3 N–H and O–H groups in total. The Labute approximate surface area is 207 Å². The summed E-state index contributed by atoms with van der Waals surface area (Å²) in [4.78, 5) is 67.2.